The van der Waals surface area contributed by atoms with Crippen molar-refractivity contribution in [3.05, 3.63) is 21.6 Å². The van der Waals surface area contributed by atoms with Crippen molar-refractivity contribution in [2.75, 3.05) is 18.9 Å². The number of anilines is 1. The van der Waals surface area contributed by atoms with E-state index in [1.807, 2.05) is 6.92 Å². The van der Waals surface area contributed by atoms with Gasteiger partial charge in [0.05, 0.1) is 13.2 Å². The SMILES string of the molecule is CCOCCn1c(N)nc(Cl)cc1=O. The maximum atomic E-state index is 11.4. The van der Waals surface area contributed by atoms with Crippen molar-refractivity contribution in [2.45, 2.75) is 13.5 Å². The third kappa shape index (κ3) is 2.71. The first kappa shape index (κ1) is 11.0. The van der Waals surface area contributed by atoms with Crippen molar-refractivity contribution in [2.24, 2.45) is 0 Å². The predicted octanol–water partition coefficient (Wildman–Crippen LogP) is 0.515. The fourth-order valence-electron chi connectivity index (χ4n) is 1.02. The van der Waals surface area contributed by atoms with Gasteiger partial charge in [-0.2, -0.15) is 0 Å². The molecule has 0 fully saturated rings. The Balaban J connectivity index is 2.81. The zero-order valence-electron chi connectivity index (χ0n) is 7.86. The minimum Gasteiger partial charge on any atom is -0.380 e. The molecule has 5 nitrogen and oxygen atoms in total. The number of aromatic nitrogens is 2. The summed E-state index contributed by atoms with van der Waals surface area (Å²) in [4.78, 5) is 15.1. The second kappa shape index (κ2) is 4.97. The van der Waals surface area contributed by atoms with Crippen LogP contribution in [-0.2, 0) is 11.3 Å². The lowest BCUT2D eigenvalue weighted by molar-refractivity contribution is 0.138. The van der Waals surface area contributed by atoms with Gasteiger partial charge in [-0.1, -0.05) is 11.6 Å². The van der Waals surface area contributed by atoms with E-state index in [0.717, 1.165) is 0 Å². The van der Waals surface area contributed by atoms with Gasteiger partial charge in [0.25, 0.3) is 5.56 Å². The van der Waals surface area contributed by atoms with E-state index >= 15 is 0 Å². The molecule has 78 valence electrons. The number of halogens is 1. The van der Waals surface area contributed by atoms with E-state index in [-0.39, 0.29) is 16.7 Å². The van der Waals surface area contributed by atoms with E-state index < -0.39 is 0 Å². The molecule has 2 N–H and O–H groups in total. The molecule has 0 saturated heterocycles. The van der Waals surface area contributed by atoms with Crippen molar-refractivity contribution < 1.29 is 4.74 Å². The van der Waals surface area contributed by atoms with Crippen LogP contribution in [0.2, 0.25) is 5.15 Å². The lowest BCUT2D eigenvalue weighted by Gasteiger charge is -2.07. The first-order valence-corrected chi connectivity index (χ1v) is 4.63. The summed E-state index contributed by atoms with van der Waals surface area (Å²) in [5.41, 5.74) is 5.25. The molecule has 0 radical (unpaired) electrons. The van der Waals surface area contributed by atoms with Crippen LogP contribution in [0.3, 0.4) is 0 Å². The third-order valence-electron chi connectivity index (χ3n) is 1.67. The van der Waals surface area contributed by atoms with Crippen molar-refractivity contribution in [3.63, 3.8) is 0 Å². The van der Waals surface area contributed by atoms with E-state index in [1.54, 1.807) is 0 Å². The number of nitrogens with zero attached hydrogens (tertiary/aromatic N) is 2. The summed E-state index contributed by atoms with van der Waals surface area (Å²) in [7, 11) is 0. The number of nitrogen functional groups attached to an aromatic ring is 1. The fourth-order valence-corrected chi connectivity index (χ4v) is 1.20. The van der Waals surface area contributed by atoms with Crippen molar-refractivity contribution in [1.82, 2.24) is 9.55 Å². The first-order valence-electron chi connectivity index (χ1n) is 4.25. The fraction of sp³-hybridized carbons (Fsp3) is 0.500. The van der Waals surface area contributed by atoms with Gasteiger partial charge in [0.2, 0.25) is 5.95 Å². The summed E-state index contributed by atoms with van der Waals surface area (Å²) in [6.45, 7) is 3.31. The summed E-state index contributed by atoms with van der Waals surface area (Å²) in [6.07, 6.45) is 0. The van der Waals surface area contributed by atoms with Gasteiger partial charge >= 0.3 is 0 Å². The second-order valence-corrected chi connectivity index (χ2v) is 3.01. The molecule has 1 aromatic rings. The van der Waals surface area contributed by atoms with E-state index in [0.29, 0.717) is 19.8 Å². The number of rotatable bonds is 4. The molecule has 6 heteroatoms. The Morgan fingerprint density at radius 2 is 2.43 bits per heavy atom. The van der Waals surface area contributed by atoms with Gasteiger partial charge in [-0.3, -0.25) is 9.36 Å². The molecule has 0 aliphatic heterocycles. The maximum Gasteiger partial charge on any atom is 0.256 e. The Hall–Kier alpha value is -1.07. The molecule has 0 aliphatic carbocycles. The van der Waals surface area contributed by atoms with Crippen LogP contribution in [0.25, 0.3) is 0 Å². The Morgan fingerprint density at radius 1 is 1.71 bits per heavy atom. The van der Waals surface area contributed by atoms with E-state index in [9.17, 15) is 4.79 Å². The quantitative estimate of drug-likeness (QED) is 0.590. The molecule has 0 spiro atoms. The van der Waals surface area contributed by atoms with Gasteiger partial charge < -0.3 is 10.5 Å². The number of nitrogens with two attached hydrogens (primary N) is 1. The van der Waals surface area contributed by atoms with Crippen molar-refractivity contribution in [3.8, 4) is 0 Å². The lowest BCUT2D eigenvalue weighted by atomic mass is 10.5. The Labute approximate surface area is 86.5 Å². The molecule has 0 atom stereocenters. The standard InChI is InChI=1S/C8H12ClN3O2/c1-2-14-4-3-12-7(13)5-6(9)11-8(12)10/h5H,2-4H2,1H3,(H2,10,11). The van der Waals surface area contributed by atoms with Gasteiger partial charge in [0, 0.05) is 12.7 Å². The Bertz CT molecular complexity index is 364. The van der Waals surface area contributed by atoms with Crippen LogP contribution < -0.4 is 11.3 Å². The minimum absolute atomic E-state index is 0.111. The van der Waals surface area contributed by atoms with Gasteiger partial charge in [0.1, 0.15) is 5.15 Å². The highest BCUT2D eigenvalue weighted by atomic mass is 35.5. The molecule has 1 rings (SSSR count). The summed E-state index contributed by atoms with van der Waals surface area (Å²) in [5, 5.41) is 0.111. The summed E-state index contributed by atoms with van der Waals surface area (Å²) < 4.78 is 6.42. The van der Waals surface area contributed by atoms with Crippen LogP contribution in [0.15, 0.2) is 10.9 Å². The normalized spacial score (nSPS) is 10.4. The van der Waals surface area contributed by atoms with Crippen LogP contribution in [0.1, 0.15) is 6.92 Å². The maximum absolute atomic E-state index is 11.4. The topological polar surface area (TPSA) is 70.1 Å². The van der Waals surface area contributed by atoms with Crippen molar-refractivity contribution >= 4 is 17.5 Å². The predicted molar refractivity (Wildman–Crippen MR) is 54.4 cm³/mol. The minimum atomic E-state index is -0.262. The number of ether oxygens (including phenoxy) is 1. The lowest BCUT2D eigenvalue weighted by Crippen LogP contribution is -2.25. The van der Waals surface area contributed by atoms with Crippen LogP contribution >= 0.6 is 11.6 Å². The van der Waals surface area contributed by atoms with E-state index in [4.69, 9.17) is 22.1 Å². The van der Waals surface area contributed by atoms with Gasteiger partial charge in [0.15, 0.2) is 0 Å². The highest BCUT2D eigenvalue weighted by Gasteiger charge is 2.03. The average molecular weight is 218 g/mol. The van der Waals surface area contributed by atoms with Crippen LogP contribution in [0.4, 0.5) is 5.95 Å². The largest absolute Gasteiger partial charge is 0.380 e. The van der Waals surface area contributed by atoms with Crippen LogP contribution in [0, 0.1) is 0 Å². The van der Waals surface area contributed by atoms with E-state index in [1.165, 1.54) is 10.6 Å². The van der Waals surface area contributed by atoms with Crippen LogP contribution in [0.5, 0.6) is 0 Å². The monoisotopic (exact) mass is 217 g/mol. The highest BCUT2D eigenvalue weighted by molar-refractivity contribution is 6.29. The average Bonchev–Trinajstić information content (AvgIpc) is 2.09. The number of hydrogen-bond donors (Lipinski definition) is 1. The molecule has 14 heavy (non-hydrogen) atoms. The van der Waals surface area contributed by atoms with Crippen LogP contribution in [-0.4, -0.2) is 22.8 Å². The molecule has 1 aromatic heterocycles. The third-order valence-corrected chi connectivity index (χ3v) is 1.86. The zero-order chi connectivity index (χ0) is 10.6. The molecular formula is C8H12ClN3O2. The molecule has 0 bridgehead atoms. The smallest absolute Gasteiger partial charge is 0.256 e. The highest BCUT2D eigenvalue weighted by Crippen LogP contribution is 2.02. The molecular weight excluding hydrogens is 206 g/mol. The zero-order valence-corrected chi connectivity index (χ0v) is 8.62. The number of hydrogen-bond acceptors (Lipinski definition) is 4. The Kier molecular flexibility index (Phi) is 3.91. The molecule has 1 heterocycles. The van der Waals surface area contributed by atoms with Gasteiger partial charge in [-0.05, 0) is 6.92 Å². The first-order chi connectivity index (χ1) is 6.65. The summed E-state index contributed by atoms with van der Waals surface area (Å²) in [5.74, 6) is 0.113. The molecule has 0 saturated carbocycles. The van der Waals surface area contributed by atoms with Gasteiger partial charge in [-0.25, -0.2) is 4.98 Å². The van der Waals surface area contributed by atoms with Gasteiger partial charge in [-0.15, -0.1) is 0 Å². The summed E-state index contributed by atoms with van der Waals surface area (Å²) in [6, 6.07) is 1.23. The second-order valence-electron chi connectivity index (χ2n) is 2.62. The summed E-state index contributed by atoms with van der Waals surface area (Å²) >= 11 is 5.55. The molecule has 0 unspecified atom stereocenters. The molecule has 0 amide bonds. The van der Waals surface area contributed by atoms with E-state index in [2.05, 4.69) is 4.98 Å². The molecule has 0 aliphatic rings. The molecule has 0 aromatic carbocycles. The van der Waals surface area contributed by atoms with Crippen molar-refractivity contribution in [1.29, 1.82) is 0 Å². The Morgan fingerprint density at radius 3 is 3.00 bits per heavy atom.